The van der Waals surface area contributed by atoms with E-state index in [9.17, 15) is 4.79 Å². The molecular formula is C17H16ClN5OS. The van der Waals surface area contributed by atoms with Crippen LogP contribution in [0.2, 0.25) is 5.02 Å². The van der Waals surface area contributed by atoms with Crippen LogP contribution in [0.15, 0.2) is 36.8 Å². The minimum atomic E-state index is -0.251. The van der Waals surface area contributed by atoms with E-state index >= 15 is 0 Å². The van der Waals surface area contributed by atoms with Gasteiger partial charge in [0.15, 0.2) is 5.13 Å². The summed E-state index contributed by atoms with van der Waals surface area (Å²) in [5.41, 5.74) is 2.44. The number of anilines is 3. The molecule has 0 bridgehead atoms. The van der Waals surface area contributed by atoms with Crippen molar-refractivity contribution >= 4 is 45.5 Å². The van der Waals surface area contributed by atoms with E-state index in [0.717, 1.165) is 17.7 Å². The fourth-order valence-electron chi connectivity index (χ4n) is 2.17. The molecule has 0 unspecified atom stereocenters. The van der Waals surface area contributed by atoms with E-state index in [0.29, 0.717) is 26.5 Å². The van der Waals surface area contributed by atoms with Gasteiger partial charge in [-0.3, -0.25) is 4.79 Å². The summed E-state index contributed by atoms with van der Waals surface area (Å²) in [6.45, 7) is 3.91. The number of benzene rings is 1. The fraction of sp³-hybridized carbons (Fsp3) is 0.176. The zero-order valence-corrected chi connectivity index (χ0v) is 15.3. The van der Waals surface area contributed by atoms with Crippen LogP contribution in [-0.2, 0) is 6.42 Å². The number of amides is 1. The van der Waals surface area contributed by atoms with Gasteiger partial charge in [-0.2, -0.15) is 0 Å². The molecule has 0 radical (unpaired) electrons. The van der Waals surface area contributed by atoms with Crippen LogP contribution in [0.1, 0.15) is 27.9 Å². The van der Waals surface area contributed by atoms with Crippen LogP contribution in [0, 0.1) is 6.92 Å². The van der Waals surface area contributed by atoms with Gasteiger partial charge in [0.25, 0.3) is 5.91 Å². The van der Waals surface area contributed by atoms with Crippen molar-refractivity contribution < 1.29 is 4.79 Å². The maximum Gasteiger partial charge on any atom is 0.267 e. The topological polar surface area (TPSA) is 79.8 Å². The molecule has 1 amide bonds. The van der Waals surface area contributed by atoms with E-state index in [1.165, 1.54) is 23.9 Å². The van der Waals surface area contributed by atoms with E-state index in [2.05, 4.69) is 25.6 Å². The summed E-state index contributed by atoms with van der Waals surface area (Å²) in [4.78, 5) is 25.4. The minimum absolute atomic E-state index is 0.251. The van der Waals surface area contributed by atoms with Gasteiger partial charge in [0.05, 0.1) is 16.9 Å². The van der Waals surface area contributed by atoms with Crippen molar-refractivity contribution in [3.8, 4) is 0 Å². The first kappa shape index (κ1) is 17.3. The molecule has 25 heavy (non-hydrogen) atoms. The Morgan fingerprint density at radius 1 is 1.28 bits per heavy atom. The van der Waals surface area contributed by atoms with Gasteiger partial charge < -0.3 is 10.6 Å². The third-order valence-electron chi connectivity index (χ3n) is 3.51. The Balaban J connectivity index is 1.73. The van der Waals surface area contributed by atoms with Crippen LogP contribution in [0.5, 0.6) is 0 Å². The van der Waals surface area contributed by atoms with Crippen molar-refractivity contribution in [1.82, 2.24) is 15.0 Å². The zero-order chi connectivity index (χ0) is 17.8. The van der Waals surface area contributed by atoms with Gasteiger partial charge >= 0.3 is 0 Å². The quantitative estimate of drug-likeness (QED) is 0.690. The van der Waals surface area contributed by atoms with E-state index in [1.54, 1.807) is 6.07 Å². The SMILES string of the molecule is CCc1cc(Nc2ncc(C(=O)Nc3c(C)cccc3Cl)s2)ncn1. The molecule has 0 fully saturated rings. The van der Waals surface area contributed by atoms with E-state index in [-0.39, 0.29) is 5.91 Å². The van der Waals surface area contributed by atoms with Crippen molar-refractivity contribution in [2.24, 2.45) is 0 Å². The molecule has 6 nitrogen and oxygen atoms in total. The van der Waals surface area contributed by atoms with E-state index in [1.807, 2.05) is 32.0 Å². The number of carbonyl (C=O) groups is 1. The predicted octanol–water partition coefficient (Wildman–Crippen LogP) is 4.45. The molecule has 0 spiro atoms. The first-order valence-electron chi connectivity index (χ1n) is 7.67. The average Bonchev–Trinajstić information content (AvgIpc) is 3.07. The van der Waals surface area contributed by atoms with Crippen LogP contribution in [0.4, 0.5) is 16.6 Å². The summed E-state index contributed by atoms with van der Waals surface area (Å²) in [7, 11) is 0. The smallest absolute Gasteiger partial charge is 0.267 e. The Bertz CT molecular complexity index is 891. The maximum absolute atomic E-state index is 12.4. The molecule has 2 aromatic heterocycles. The van der Waals surface area contributed by atoms with Gasteiger partial charge in [-0.05, 0) is 25.0 Å². The highest BCUT2D eigenvalue weighted by molar-refractivity contribution is 7.17. The third kappa shape index (κ3) is 4.12. The van der Waals surface area contributed by atoms with Crippen molar-refractivity contribution in [3.05, 3.63) is 57.9 Å². The highest BCUT2D eigenvalue weighted by atomic mass is 35.5. The van der Waals surface area contributed by atoms with Crippen LogP contribution < -0.4 is 10.6 Å². The fourth-order valence-corrected chi connectivity index (χ4v) is 3.16. The maximum atomic E-state index is 12.4. The second-order valence-corrected chi connectivity index (χ2v) is 6.73. The van der Waals surface area contributed by atoms with Crippen LogP contribution >= 0.6 is 22.9 Å². The molecule has 1 aromatic carbocycles. The first-order chi connectivity index (χ1) is 12.1. The molecule has 128 valence electrons. The number of hydrogen-bond acceptors (Lipinski definition) is 6. The average molecular weight is 374 g/mol. The van der Waals surface area contributed by atoms with Gasteiger partial charge in [0.1, 0.15) is 17.0 Å². The number of aryl methyl sites for hydroxylation is 2. The minimum Gasteiger partial charge on any atom is -0.320 e. The Hall–Kier alpha value is -2.51. The zero-order valence-electron chi connectivity index (χ0n) is 13.7. The number of nitrogens with one attached hydrogen (secondary N) is 2. The number of halogens is 1. The highest BCUT2D eigenvalue weighted by Crippen LogP contribution is 2.27. The van der Waals surface area contributed by atoms with Gasteiger partial charge in [-0.15, -0.1) is 0 Å². The van der Waals surface area contributed by atoms with Crippen molar-refractivity contribution in [3.63, 3.8) is 0 Å². The number of rotatable bonds is 5. The van der Waals surface area contributed by atoms with Crippen molar-refractivity contribution in [2.75, 3.05) is 10.6 Å². The number of hydrogen-bond donors (Lipinski definition) is 2. The van der Waals surface area contributed by atoms with Gasteiger partial charge in [0, 0.05) is 11.8 Å². The molecule has 0 aliphatic rings. The van der Waals surface area contributed by atoms with Gasteiger partial charge in [0.2, 0.25) is 0 Å². The van der Waals surface area contributed by atoms with Crippen molar-refractivity contribution in [2.45, 2.75) is 20.3 Å². The van der Waals surface area contributed by atoms with Crippen molar-refractivity contribution in [1.29, 1.82) is 0 Å². The predicted molar refractivity (Wildman–Crippen MR) is 101 cm³/mol. The standard InChI is InChI=1S/C17H16ClN5OS/c1-3-11-7-14(21-9-20-11)22-17-19-8-13(25-17)16(24)23-15-10(2)5-4-6-12(15)18/h4-9H,3H2,1-2H3,(H,23,24)(H,19,20,21,22). The van der Waals surface area contributed by atoms with Gasteiger partial charge in [-0.25, -0.2) is 15.0 Å². The lowest BCUT2D eigenvalue weighted by atomic mass is 10.2. The second kappa shape index (κ2) is 7.58. The summed E-state index contributed by atoms with van der Waals surface area (Å²) in [6.07, 6.45) is 3.85. The summed E-state index contributed by atoms with van der Waals surface area (Å²) >= 11 is 7.39. The third-order valence-corrected chi connectivity index (χ3v) is 4.74. The summed E-state index contributed by atoms with van der Waals surface area (Å²) < 4.78 is 0. The van der Waals surface area contributed by atoms with Crippen LogP contribution in [-0.4, -0.2) is 20.9 Å². The molecule has 0 atom stereocenters. The Morgan fingerprint density at radius 2 is 2.12 bits per heavy atom. The Kier molecular flexibility index (Phi) is 5.25. The Labute approximate surface area is 154 Å². The normalized spacial score (nSPS) is 10.5. The van der Waals surface area contributed by atoms with E-state index < -0.39 is 0 Å². The monoisotopic (exact) mass is 373 g/mol. The molecule has 8 heteroatoms. The lowest BCUT2D eigenvalue weighted by Crippen LogP contribution is -2.11. The lowest BCUT2D eigenvalue weighted by Gasteiger charge is -2.08. The molecular weight excluding hydrogens is 358 g/mol. The van der Waals surface area contributed by atoms with Crippen LogP contribution in [0.3, 0.4) is 0 Å². The molecule has 2 N–H and O–H groups in total. The first-order valence-corrected chi connectivity index (χ1v) is 8.86. The molecule has 0 aliphatic carbocycles. The second-order valence-electron chi connectivity index (χ2n) is 5.29. The van der Waals surface area contributed by atoms with E-state index in [4.69, 9.17) is 11.6 Å². The summed E-state index contributed by atoms with van der Waals surface area (Å²) in [6, 6.07) is 7.33. The van der Waals surface area contributed by atoms with Crippen LogP contribution in [0.25, 0.3) is 0 Å². The number of nitrogens with zero attached hydrogens (tertiary/aromatic N) is 3. The molecule has 0 saturated heterocycles. The number of aromatic nitrogens is 3. The number of thiazole rings is 1. The molecule has 3 aromatic rings. The Morgan fingerprint density at radius 3 is 2.88 bits per heavy atom. The highest BCUT2D eigenvalue weighted by Gasteiger charge is 2.14. The molecule has 2 heterocycles. The molecule has 3 rings (SSSR count). The molecule has 0 aliphatic heterocycles. The lowest BCUT2D eigenvalue weighted by molar-refractivity contribution is 0.103. The largest absolute Gasteiger partial charge is 0.320 e. The molecule has 0 saturated carbocycles. The number of para-hydroxylation sites is 1. The summed E-state index contributed by atoms with van der Waals surface area (Å²) in [5.74, 6) is 0.397. The van der Waals surface area contributed by atoms with Gasteiger partial charge in [-0.1, -0.05) is 42.0 Å². The number of carbonyl (C=O) groups excluding carboxylic acids is 1. The summed E-state index contributed by atoms with van der Waals surface area (Å²) in [5, 5.41) is 7.02.